The SMILES string of the molecule is Nc1nnc(Cc2ccccc2)c(=O)n1N. The van der Waals surface area contributed by atoms with Crippen molar-refractivity contribution in [3.8, 4) is 0 Å². The van der Waals surface area contributed by atoms with Gasteiger partial charge in [0, 0.05) is 6.42 Å². The van der Waals surface area contributed by atoms with Gasteiger partial charge in [-0.3, -0.25) is 4.79 Å². The van der Waals surface area contributed by atoms with E-state index in [2.05, 4.69) is 10.2 Å². The van der Waals surface area contributed by atoms with Gasteiger partial charge in [0.2, 0.25) is 5.95 Å². The Bertz CT molecular complexity index is 549. The molecule has 0 aliphatic heterocycles. The summed E-state index contributed by atoms with van der Waals surface area (Å²) in [6.45, 7) is 0. The zero-order valence-corrected chi connectivity index (χ0v) is 8.50. The van der Waals surface area contributed by atoms with Gasteiger partial charge in [-0.25, -0.2) is 0 Å². The Morgan fingerprint density at radius 2 is 1.88 bits per heavy atom. The van der Waals surface area contributed by atoms with Gasteiger partial charge in [0.25, 0.3) is 5.56 Å². The summed E-state index contributed by atoms with van der Waals surface area (Å²) in [4.78, 5) is 11.6. The smallest absolute Gasteiger partial charge is 0.295 e. The molecule has 2 aromatic rings. The average Bonchev–Trinajstić information content (AvgIpc) is 2.31. The van der Waals surface area contributed by atoms with Crippen LogP contribution in [-0.2, 0) is 6.42 Å². The lowest BCUT2D eigenvalue weighted by molar-refractivity contribution is 0.793. The van der Waals surface area contributed by atoms with Crippen LogP contribution in [0.4, 0.5) is 5.95 Å². The van der Waals surface area contributed by atoms with Crippen molar-refractivity contribution in [3.63, 3.8) is 0 Å². The number of aromatic nitrogens is 3. The van der Waals surface area contributed by atoms with Crippen LogP contribution in [0.25, 0.3) is 0 Å². The Morgan fingerprint density at radius 3 is 2.56 bits per heavy atom. The predicted molar refractivity (Wildman–Crippen MR) is 60.1 cm³/mol. The van der Waals surface area contributed by atoms with E-state index < -0.39 is 5.56 Å². The first-order valence-corrected chi connectivity index (χ1v) is 4.71. The maximum atomic E-state index is 11.6. The highest BCUT2D eigenvalue weighted by Gasteiger charge is 2.08. The molecular weight excluding hydrogens is 206 g/mol. The van der Waals surface area contributed by atoms with Gasteiger partial charge in [-0.15, -0.1) is 10.2 Å². The van der Waals surface area contributed by atoms with Crippen molar-refractivity contribution in [1.29, 1.82) is 0 Å². The van der Waals surface area contributed by atoms with Crippen LogP contribution in [0.2, 0.25) is 0 Å². The second-order valence-corrected chi connectivity index (χ2v) is 3.34. The minimum absolute atomic E-state index is 0.0955. The molecule has 16 heavy (non-hydrogen) atoms. The van der Waals surface area contributed by atoms with Gasteiger partial charge in [0.05, 0.1) is 0 Å². The summed E-state index contributed by atoms with van der Waals surface area (Å²) < 4.78 is 0.797. The van der Waals surface area contributed by atoms with Crippen molar-refractivity contribution in [2.75, 3.05) is 11.6 Å². The van der Waals surface area contributed by atoms with E-state index in [0.29, 0.717) is 6.42 Å². The Balaban J connectivity index is 2.37. The summed E-state index contributed by atoms with van der Waals surface area (Å²) in [7, 11) is 0. The first-order chi connectivity index (χ1) is 7.68. The molecule has 0 aliphatic rings. The molecule has 6 heteroatoms. The Kier molecular flexibility index (Phi) is 2.55. The lowest BCUT2D eigenvalue weighted by atomic mass is 10.1. The highest BCUT2D eigenvalue weighted by Crippen LogP contribution is 2.02. The molecule has 0 aliphatic carbocycles. The Hall–Kier alpha value is -2.37. The summed E-state index contributed by atoms with van der Waals surface area (Å²) in [5, 5.41) is 7.35. The van der Waals surface area contributed by atoms with Crippen molar-refractivity contribution in [2.45, 2.75) is 6.42 Å². The largest absolute Gasteiger partial charge is 0.366 e. The van der Waals surface area contributed by atoms with Gasteiger partial charge >= 0.3 is 0 Å². The summed E-state index contributed by atoms with van der Waals surface area (Å²) in [6, 6.07) is 9.48. The van der Waals surface area contributed by atoms with E-state index in [4.69, 9.17) is 11.6 Å². The van der Waals surface area contributed by atoms with E-state index in [0.717, 1.165) is 10.2 Å². The van der Waals surface area contributed by atoms with Crippen LogP contribution < -0.4 is 17.1 Å². The number of rotatable bonds is 2. The number of benzene rings is 1. The zero-order chi connectivity index (χ0) is 11.5. The zero-order valence-electron chi connectivity index (χ0n) is 8.50. The first-order valence-electron chi connectivity index (χ1n) is 4.71. The first kappa shape index (κ1) is 10.2. The number of anilines is 1. The maximum Gasteiger partial charge on any atom is 0.295 e. The third-order valence-corrected chi connectivity index (χ3v) is 2.20. The van der Waals surface area contributed by atoms with Crippen LogP contribution in [-0.4, -0.2) is 14.9 Å². The Labute approximate surface area is 91.5 Å². The number of hydrogen-bond donors (Lipinski definition) is 2. The number of nitrogen functional groups attached to an aromatic ring is 2. The fraction of sp³-hybridized carbons (Fsp3) is 0.100. The summed E-state index contributed by atoms with van der Waals surface area (Å²) in [5.74, 6) is 5.32. The van der Waals surface area contributed by atoms with E-state index in [1.807, 2.05) is 30.3 Å². The monoisotopic (exact) mass is 217 g/mol. The van der Waals surface area contributed by atoms with Crippen molar-refractivity contribution >= 4 is 5.95 Å². The number of nitrogens with two attached hydrogens (primary N) is 2. The van der Waals surface area contributed by atoms with Gasteiger partial charge in [0.15, 0.2) is 0 Å². The van der Waals surface area contributed by atoms with E-state index >= 15 is 0 Å². The highest BCUT2D eigenvalue weighted by atomic mass is 16.1. The summed E-state index contributed by atoms with van der Waals surface area (Å²) in [5.41, 5.74) is 6.18. The second-order valence-electron chi connectivity index (χ2n) is 3.34. The lowest BCUT2D eigenvalue weighted by Crippen LogP contribution is -2.34. The van der Waals surface area contributed by atoms with Crippen LogP contribution in [0, 0.1) is 0 Å². The van der Waals surface area contributed by atoms with Gasteiger partial charge in [-0.2, -0.15) is 4.68 Å². The van der Waals surface area contributed by atoms with E-state index in [-0.39, 0.29) is 11.6 Å². The molecule has 6 nitrogen and oxygen atoms in total. The average molecular weight is 217 g/mol. The van der Waals surface area contributed by atoms with Crippen LogP contribution in [0.15, 0.2) is 35.1 Å². The van der Waals surface area contributed by atoms with Crippen LogP contribution in [0.5, 0.6) is 0 Å². The third kappa shape index (κ3) is 1.85. The normalized spacial score (nSPS) is 10.2. The number of nitrogens with zero attached hydrogens (tertiary/aromatic N) is 3. The lowest BCUT2D eigenvalue weighted by Gasteiger charge is -2.03. The van der Waals surface area contributed by atoms with Crippen LogP contribution in [0.1, 0.15) is 11.3 Å². The standard InChI is InChI=1S/C10H11N5O/c11-10-14-13-8(9(16)15(10)12)6-7-4-2-1-3-5-7/h1-5H,6,12H2,(H2,11,14). The minimum Gasteiger partial charge on any atom is -0.366 e. The molecule has 2 rings (SSSR count). The van der Waals surface area contributed by atoms with Gasteiger partial charge in [-0.1, -0.05) is 30.3 Å². The molecule has 4 N–H and O–H groups in total. The molecule has 0 bridgehead atoms. The van der Waals surface area contributed by atoms with Gasteiger partial charge in [-0.05, 0) is 5.56 Å². The molecule has 0 atom stereocenters. The maximum absolute atomic E-state index is 11.6. The fourth-order valence-corrected chi connectivity index (χ4v) is 1.35. The molecule has 0 spiro atoms. The van der Waals surface area contributed by atoms with E-state index in [1.165, 1.54) is 0 Å². The van der Waals surface area contributed by atoms with E-state index in [1.54, 1.807) is 0 Å². The van der Waals surface area contributed by atoms with Crippen molar-refractivity contribution in [1.82, 2.24) is 14.9 Å². The number of hydrogen-bond acceptors (Lipinski definition) is 5. The minimum atomic E-state index is -0.420. The predicted octanol–water partition coefficient (Wildman–Crippen LogP) is -0.475. The van der Waals surface area contributed by atoms with Gasteiger partial charge < -0.3 is 11.6 Å². The van der Waals surface area contributed by atoms with Crippen molar-refractivity contribution in [3.05, 3.63) is 51.9 Å². The summed E-state index contributed by atoms with van der Waals surface area (Å²) >= 11 is 0. The highest BCUT2D eigenvalue weighted by molar-refractivity contribution is 5.22. The quantitative estimate of drug-likeness (QED) is 0.662. The molecule has 0 fully saturated rings. The molecule has 0 saturated heterocycles. The molecule has 0 saturated carbocycles. The molecule has 1 aromatic carbocycles. The van der Waals surface area contributed by atoms with E-state index in [9.17, 15) is 4.79 Å². The fourth-order valence-electron chi connectivity index (χ4n) is 1.35. The molecule has 0 amide bonds. The van der Waals surface area contributed by atoms with Crippen molar-refractivity contribution < 1.29 is 0 Å². The molecule has 1 heterocycles. The van der Waals surface area contributed by atoms with Gasteiger partial charge in [0.1, 0.15) is 5.69 Å². The molecular formula is C10H11N5O. The second kappa shape index (κ2) is 4.01. The molecule has 0 radical (unpaired) electrons. The molecule has 0 unspecified atom stereocenters. The van der Waals surface area contributed by atoms with Crippen molar-refractivity contribution in [2.24, 2.45) is 0 Å². The summed E-state index contributed by atoms with van der Waals surface area (Å²) in [6.07, 6.45) is 0.393. The molecule has 82 valence electrons. The topological polar surface area (TPSA) is 99.8 Å². The third-order valence-electron chi connectivity index (χ3n) is 2.20. The molecule has 1 aromatic heterocycles. The Morgan fingerprint density at radius 1 is 1.19 bits per heavy atom. The van der Waals surface area contributed by atoms with Crippen LogP contribution in [0.3, 0.4) is 0 Å². The van der Waals surface area contributed by atoms with Crippen LogP contribution >= 0.6 is 0 Å².